The highest BCUT2D eigenvalue weighted by atomic mass is 19.1. The SMILES string of the molecule is O=C(O)c1ccc(Nc2cc(Nc3ccccc3F)ncn2)cc1. The number of benzene rings is 2. The van der Waals surface area contributed by atoms with Crippen LogP contribution < -0.4 is 10.6 Å². The largest absolute Gasteiger partial charge is 0.478 e. The highest BCUT2D eigenvalue weighted by Crippen LogP contribution is 2.21. The summed E-state index contributed by atoms with van der Waals surface area (Å²) in [6.07, 6.45) is 1.34. The quantitative estimate of drug-likeness (QED) is 0.662. The lowest BCUT2D eigenvalue weighted by Crippen LogP contribution is -2.00. The molecule has 1 aromatic heterocycles. The Labute approximate surface area is 137 Å². The van der Waals surface area contributed by atoms with Gasteiger partial charge in [0.25, 0.3) is 0 Å². The van der Waals surface area contributed by atoms with Crippen molar-refractivity contribution in [1.82, 2.24) is 9.97 Å². The van der Waals surface area contributed by atoms with Gasteiger partial charge in [-0.2, -0.15) is 0 Å². The Balaban J connectivity index is 1.75. The molecule has 3 N–H and O–H groups in total. The van der Waals surface area contributed by atoms with Crippen LogP contribution in [0.1, 0.15) is 10.4 Å². The summed E-state index contributed by atoms with van der Waals surface area (Å²) in [6, 6.07) is 14.2. The second kappa shape index (κ2) is 6.74. The first-order valence-corrected chi connectivity index (χ1v) is 7.06. The molecule has 0 spiro atoms. The van der Waals surface area contributed by atoms with Gasteiger partial charge in [-0.1, -0.05) is 12.1 Å². The van der Waals surface area contributed by atoms with E-state index in [4.69, 9.17) is 5.11 Å². The minimum Gasteiger partial charge on any atom is -0.478 e. The normalized spacial score (nSPS) is 10.2. The molecule has 0 radical (unpaired) electrons. The maximum atomic E-state index is 13.7. The second-order valence-electron chi connectivity index (χ2n) is 4.90. The van der Waals surface area contributed by atoms with Crippen molar-refractivity contribution < 1.29 is 14.3 Å². The fraction of sp³-hybridized carbons (Fsp3) is 0. The zero-order valence-electron chi connectivity index (χ0n) is 12.4. The Morgan fingerprint density at radius 1 is 0.958 bits per heavy atom. The fourth-order valence-corrected chi connectivity index (χ4v) is 2.04. The maximum absolute atomic E-state index is 13.7. The molecule has 3 rings (SSSR count). The van der Waals surface area contributed by atoms with Gasteiger partial charge in [0.05, 0.1) is 11.3 Å². The van der Waals surface area contributed by atoms with Crippen LogP contribution in [0.4, 0.5) is 27.4 Å². The number of hydrogen-bond donors (Lipinski definition) is 3. The van der Waals surface area contributed by atoms with Crippen LogP contribution in [-0.2, 0) is 0 Å². The van der Waals surface area contributed by atoms with Gasteiger partial charge < -0.3 is 15.7 Å². The van der Waals surface area contributed by atoms with Crippen molar-refractivity contribution >= 4 is 29.0 Å². The van der Waals surface area contributed by atoms with Crippen molar-refractivity contribution in [3.8, 4) is 0 Å². The van der Waals surface area contributed by atoms with Crippen LogP contribution in [0.3, 0.4) is 0 Å². The summed E-state index contributed by atoms with van der Waals surface area (Å²) in [5, 5.41) is 14.8. The van der Waals surface area contributed by atoms with Gasteiger partial charge in [0.2, 0.25) is 0 Å². The summed E-state index contributed by atoms with van der Waals surface area (Å²) < 4.78 is 13.7. The van der Waals surface area contributed by atoms with Crippen LogP contribution in [0.25, 0.3) is 0 Å². The number of halogens is 1. The number of para-hydroxylation sites is 1. The summed E-state index contributed by atoms with van der Waals surface area (Å²) in [5.74, 6) is -0.443. The molecule has 0 aliphatic carbocycles. The monoisotopic (exact) mass is 324 g/mol. The van der Waals surface area contributed by atoms with E-state index < -0.39 is 5.97 Å². The summed E-state index contributed by atoms with van der Waals surface area (Å²) in [6.45, 7) is 0. The van der Waals surface area contributed by atoms with Gasteiger partial charge in [-0.25, -0.2) is 19.2 Å². The topological polar surface area (TPSA) is 87.1 Å². The summed E-state index contributed by atoms with van der Waals surface area (Å²) in [7, 11) is 0. The first-order chi connectivity index (χ1) is 11.6. The maximum Gasteiger partial charge on any atom is 0.335 e. The zero-order valence-corrected chi connectivity index (χ0v) is 12.4. The molecule has 0 aliphatic rings. The smallest absolute Gasteiger partial charge is 0.335 e. The average Bonchev–Trinajstić information content (AvgIpc) is 2.58. The molecule has 24 heavy (non-hydrogen) atoms. The molecule has 0 saturated carbocycles. The lowest BCUT2D eigenvalue weighted by molar-refractivity contribution is 0.0697. The Bertz CT molecular complexity index is 868. The van der Waals surface area contributed by atoms with Gasteiger partial charge in [-0.3, -0.25) is 0 Å². The van der Waals surface area contributed by atoms with Crippen LogP contribution in [0.5, 0.6) is 0 Å². The number of aromatic nitrogens is 2. The van der Waals surface area contributed by atoms with Crippen molar-refractivity contribution in [3.05, 3.63) is 72.3 Å². The van der Waals surface area contributed by atoms with Crippen molar-refractivity contribution in [2.45, 2.75) is 0 Å². The predicted molar refractivity (Wildman–Crippen MR) is 88.4 cm³/mol. The van der Waals surface area contributed by atoms with Crippen molar-refractivity contribution in [1.29, 1.82) is 0 Å². The summed E-state index contributed by atoms with van der Waals surface area (Å²) >= 11 is 0. The number of nitrogens with one attached hydrogen (secondary N) is 2. The number of aromatic carboxylic acids is 1. The Morgan fingerprint density at radius 2 is 1.62 bits per heavy atom. The summed E-state index contributed by atoms with van der Waals surface area (Å²) in [4.78, 5) is 19.0. The first kappa shape index (κ1) is 15.4. The Kier molecular flexibility index (Phi) is 4.33. The molecule has 120 valence electrons. The van der Waals surface area contributed by atoms with Gasteiger partial charge in [-0.05, 0) is 36.4 Å². The molecule has 3 aromatic rings. The minimum absolute atomic E-state index is 0.199. The molecular formula is C17H13FN4O2. The molecule has 0 aliphatic heterocycles. The van der Waals surface area contributed by atoms with E-state index in [0.29, 0.717) is 23.0 Å². The molecule has 1 heterocycles. The van der Waals surface area contributed by atoms with E-state index in [2.05, 4.69) is 20.6 Å². The summed E-state index contributed by atoms with van der Waals surface area (Å²) in [5.41, 5.74) is 1.19. The van der Waals surface area contributed by atoms with Gasteiger partial charge in [0.1, 0.15) is 23.8 Å². The lowest BCUT2D eigenvalue weighted by Gasteiger charge is -2.09. The number of anilines is 4. The van der Waals surface area contributed by atoms with Crippen molar-refractivity contribution in [2.24, 2.45) is 0 Å². The van der Waals surface area contributed by atoms with E-state index in [1.165, 1.54) is 24.5 Å². The van der Waals surface area contributed by atoms with E-state index in [1.807, 2.05) is 0 Å². The molecule has 0 saturated heterocycles. The zero-order chi connectivity index (χ0) is 16.9. The molecule has 6 nitrogen and oxygen atoms in total. The van der Waals surface area contributed by atoms with Crippen LogP contribution in [-0.4, -0.2) is 21.0 Å². The minimum atomic E-state index is -0.986. The highest BCUT2D eigenvalue weighted by molar-refractivity contribution is 5.88. The Morgan fingerprint density at radius 3 is 2.29 bits per heavy atom. The van der Waals surface area contributed by atoms with Crippen molar-refractivity contribution in [2.75, 3.05) is 10.6 Å². The van der Waals surface area contributed by atoms with Crippen molar-refractivity contribution in [3.63, 3.8) is 0 Å². The van der Waals surface area contributed by atoms with Crippen LogP contribution in [0.15, 0.2) is 60.9 Å². The molecule has 0 fully saturated rings. The van der Waals surface area contributed by atoms with Crippen LogP contribution in [0, 0.1) is 5.82 Å². The number of carbonyl (C=O) groups is 1. The van der Waals surface area contributed by atoms with E-state index in [-0.39, 0.29) is 11.4 Å². The van der Waals surface area contributed by atoms with E-state index >= 15 is 0 Å². The first-order valence-electron chi connectivity index (χ1n) is 7.06. The van der Waals surface area contributed by atoms with E-state index in [0.717, 1.165) is 0 Å². The Hall–Kier alpha value is -3.48. The predicted octanol–water partition coefficient (Wildman–Crippen LogP) is 3.80. The number of carboxylic acids is 1. The standard InChI is InChI=1S/C17H13FN4O2/c18-13-3-1-2-4-14(13)22-16-9-15(19-10-20-16)21-12-7-5-11(6-8-12)17(23)24/h1-10H,(H,23,24)(H2,19,20,21,22). The molecular weight excluding hydrogens is 311 g/mol. The molecule has 0 unspecified atom stereocenters. The third-order valence-corrected chi connectivity index (χ3v) is 3.21. The number of rotatable bonds is 5. The van der Waals surface area contributed by atoms with Gasteiger partial charge in [0, 0.05) is 11.8 Å². The van der Waals surface area contributed by atoms with Crippen LogP contribution >= 0.6 is 0 Å². The van der Waals surface area contributed by atoms with E-state index in [1.54, 1.807) is 36.4 Å². The lowest BCUT2D eigenvalue weighted by atomic mass is 10.2. The average molecular weight is 324 g/mol. The third-order valence-electron chi connectivity index (χ3n) is 3.21. The van der Waals surface area contributed by atoms with Gasteiger partial charge in [0.15, 0.2) is 0 Å². The highest BCUT2D eigenvalue weighted by Gasteiger charge is 2.05. The fourth-order valence-electron chi connectivity index (χ4n) is 2.04. The third kappa shape index (κ3) is 3.64. The molecule has 0 atom stereocenters. The number of hydrogen-bond acceptors (Lipinski definition) is 5. The van der Waals surface area contributed by atoms with Crippen LogP contribution in [0.2, 0.25) is 0 Å². The molecule has 0 amide bonds. The molecule has 2 aromatic carbocycles. The number of nitrogens with zero attached hydrogens (tertiary/aromatic N) is 2. The number of carboxylic acid groups (broad SMARTS) is 1. The second-order valence-corrected chi connectivity index (χ2v) is 4.90. The van der Waals surface area contributed by atoms with Gasteiger partial charge >= 0.3 is 5.97 Å². The molecule has 7 heteroatoms. The van der Waals surface area contributed by atoms with Gasteiger partial charge in [-0.15, -0.1) is 0 Å². The van der Waals surface area contributed by atoms with E-state index in [9.17, 15) is 9.18 Å². The molecule has 0 bridgehead atoms.